The van der Waals surface area contributed by atoms with Gasteiger partial charge in [0.05, 0.1) is 7.11 Å². The van der Waals surface area contributed by atoms with Crippen molar-refractivity contribution in [1.29, 1.82) is 0 Å². The molecule has 1 aromatic carbocycles. The summed E-state index contributed by atoms with van der Waals surface area (Å²) in [5, 5.41) is 13.4. The van der Waals surface area contributed by atoms with Crippen LogP contribution < -0.4 is 10.1 Å². The van der Waals surface area contributed by atoms with Crippen molar-refractivity contribution in [3.63, 3.8) is 0 Å². The molecule has 0 amide bonds. The Morgan fingerprint density at radius 2 is 2.20 bits per heavy atom. The fourth-order valence-corrected chi connectivity index (χ4v) is 2.98. The number of nitrogens with zero attached hydrogens (tertiary/aromatic N) is 1. The molecule has 0 saturated carbocycles. The summed E-state index contributed by atoms with van der Waals surface area (Å²) < 4.78 is 5.18. The fourth-order valence-electron chi connectivity index (χ4n) is 2.98. The van der Waals surface area contributed by atoms with Crippen molar-refractivity contribution >= 4 is 0 Å². The van der Waals surface area contributed by atoms with Gasteiger partial charge in [-0.05, 0) is 50.6 Å². The van der Waals surface area contributed by atoms with Crippen LogP contribution in [0.25, 0.3) is 0 Å². The number of phenolic OH excluding ortho intramolecular Hbond substituents is 1. The third-order valence-corrected chi connectivity index (χ3v) is 4.28. The summed E-state index contributed by atoms with van der Waals surface area (Å²) in [5.74, 6) is 1.37. The second kappa shape index (κ2) is 6.46. The molecular formula is C16H26N2O2. The van der Waals surface area contributed by atoms with Crippen molar-refractivity contribution in [2.24, 2.45) is 5.92 Å². The summed E-state index contributed by atoms with van der Waals surface area (Å²) >= 11 is 0. The summed E-state index contributed by atoms with van der Waals surface area (Å²) in [4.78, 5) is 2.39. The lowest BCUT2D eigenvalue weighted by Crippen LogP contribution is -2.47. The number of hydrogen-bond acceptors (Lipinski definition) is 4. The molecule has 0 aromatic heterocycles. The van der Waals surface area contributed by atoms with Crippen LogP contribution in [-0.2, 0) is 0 Å². The van der Waals surface area contributed by atoms with Crippen LogP contribution in [0.4, 0.5) is 0 Å². The molecule has 2 N–H and O–H groups in total. The van der Waals surface area contributed by atoms with E-state index in [0.717, 1.165) is 18.7 Å². The molecule has 1 saturated heterocycles. The summed E-state index contributed by atoms with van der Waals surface area (Å²) in [5.41, 5.74) is 1.14. The van der Waals surface area contributed by atoms with Gasteiger partial charge in [0.25, 0.3) is 0 Å². The third kappa shape index (κ3) is 3.44. The highest BCUT2D eigenvalue weighted by molar-refractivity contribution is 5.42. The molecule has 1 heterocycles. The molecular weight excluding hydrogens is 252 g/mol. The average Bonchev–Trinajstić information content (AvgIpc) is 2.42. The van der Waals surface area contributed by atoms with Gasteiger partial charge in [0, 0.05) is 18.6 Å². The minimum Gasteiger partial charge on any atom is -0.504 e. The molecule has 3 unspecified atom stereocenters. The first-order valence-electron chi connectivity index (χ1n) is 7.32. The summed E-state index contributed by atoms with van der Waals surface area (Å²) in [7, 11) is 3.76. The van der Waals surface area contributed by atoms with Gasteiger partial charge in [-0.2, -0.15) is 0 Å². The number of nitrogens with one attached hydrogen (secondary N) is 1. The van der Waals surface area contributed by atoms with E-state index in [1.165, 1.54) is 6.42 Å². The van der Waals surface area contributed by atoms with Gasteiger partial charge in [0.2, 0.25) is 0 Å². The maximum Gasteiger partial charge on any atom is 0.160 e. The van der Waals surface area contributed by atoms with Crippen LogP contribution in [0.5, 0.6) is 11.5 Å². The molecule has 1 fully saturated rings. The molecule has 1 aromatic rings. The summed E-state index contributed by atoms with van der Waals surface area (Å²) in [6.45, 7) is 6.76. The minimum absolute atomic E-state index is 0.191. The Kier molecular flexibility index (Phi) is 4.89. The van der Waals surface area contributed by atoms with Crippen LogP contribution in [0, 0.1) is 5.92 Å². The zero-order valence-corrected chi connectivity index (χ0v) is 12.9. The maximum absolute atomic E-state index is 9.66. The van der Waals surface area contributed by atoms with Crippen molar-refractivity contribution in [3.8, 4) is 11.5 Å². The maximum atomic E-state index is 9.66. The summed E-state index contributed by atoms with van der Waals surface area (Å²) in [6.07, 6.45) is 1.18. The van der Waals surface area contributed by atoms with E-state index >= 15 is 0 Å². The van der Waals surface area contributed by atoms with E-state index in [1.807, 2.05) is 12.1 Å². The number of rotatable bonds is 4. The molecule has 1 aliphatic rings. The van der Waals surface area contributed by atoms with Crippen LogP contribution in [0.2, 0.25) is 0 Å². The first-order valence-corrected chi connectivity index (χ1v) is 7.32. The van der Waals surface area contributed by atoms with E-state index < -0.39 is 0 Å². The number of ether oxygens (including phenoxy) is 1. The van der Waals surface area contributed by atoms with E-state index in [9.17, 15) is 5.11 Å². The van der Waals surface area contributed by atoms with E-state index in [1.54, 1.807) is 13.2 Å². The molecule has 2 rings (SSSR count). The number of likely N-dealkylation sites (tertiary alicyclic amines) is 1. The molecule has 0 radical (unpaired) electrons. The van der Waals surface area contributed by atoms with Crippen molar-refractivity contribution in [2.75, 3.05) is 27.2 Å². The van der Waals surface area contributed by atoms with Crippen molar-refractivity contribution < 1.29 is 9.84 Å². The summed E-state index contributed by atoms with van der Waals surface area (Å²) in [6, 6.07) is 6.35. The van der Waals surface area contributed by atoms with E-state index in [0.29, 0.717) is 17.7 Å². The lowest BCUT2D eigenvalue weighted by Gasteiger charge is -2.37. The quantitative estimate of drug-likeness (QED) is 0.887. The first-order chi connectivity index (χ1) is 9.51. The number of phenols is 1. The van der Waals surface area contributed by atoms with Gasteiger partial charge >= 0.3 is 0 Å². The molecule has 0 aliphatic carbocycles. The van der Waals surface area contributed by atoms with Gasteiger partial charge in [-0.25, -0.2) is 0 Å². The van der Waals surface area contributed by atoms with Gasteiger partial charge in [-0.3, -0.25) is 0 Å². The zero-order valence-electron chi connectivity index (χ0n) is 12.9. The van der Waals surface area contributed by atoms with Gasteiger partial charge < -0.3 is 20.1 Å². The van der Waals surface area contributed by atoms with Crippen molar-refractivity contribution in [1.82, 2.24) is 10.2 Å². The molecule has 3 atom stereocenters. The fraction of sp³-hybridized carbons (Fsp3) is 0.625. The molecule has 0 bridgehead atoms. The molecule has 1 aliphatic heterocycles. The number of piperidine rings is 1. The predicted octanol–water partition coefficient (Wildman–Crippen LogP) is 2.39. The molecule has 4 nitrogen and oxygen atoms in total. The van der Waals surface area contributed by atoms with Crippen LogP contribution in [0.15, 0.2) is 18.2 Å². The van der Waals surface area contributed by atoms with Crippen molar-refractivity contribution in [3.05, 3.63) is 23.8 Å². The Hall–Kier alpha value is -1.26. The first kappa shape index (κ1) is 15.1. The number of methoxy groups -OCH3 is 1. The van der Waals surface area contributed by atoms with E-state index in [-0.39, 0.29) is 11.8 Å². The Labute approximate surface area is 121 Å². The highest BCUT2D eigenvalue weighted by atomic mass is 16.5. The molecule has 0 spiro atoms. The lowest BCUT2D eigenvalue weighted by atomic mass is 9.93. The number of benzene rings is 1. The van der Waals surface area contributed by atoms with Crippen molar-refractivity contribution in [2.45, 2.75) is 32.4 Å². The molecule has 20 heavy (non-hydrogen) atoms. The Balaban J connectivity index is 2.02. The van der Waals surface area contributed by atoms with Crippen LogP contribution in [0.1, 0.15) is 31.9 Å². The predicted molar refractivity (Wildman–Crippen MR) is 81.3 cm³/mol. The van der Waals surface area contributed by atoms with Crippen LogP contribution in [-0.4, -0.2) is 43.3 Å². The van der Waals surface area contributed by atoms with E-state index in [2.05, 4.69) is 31.1 Å². The van der Waals surface area contributed by atoms with Crippen LogP contribution in [0.3, 0.4) is 0 Å². The lowest BCUT2D eigenvalue weighted by molar-refractivity contribution is 0.168. The average molecular weight is 278 g/mol. The molecule has 112 valence electrons. The van der Waals surface area contributed by atoms with E-state index in [4.69, 9.17) is 4.74 Å². The smallest absolute Gasteiger partial charge is 0.160 e. The molecule has 4 heteroatoms. The van der Waals surface area contributed by atoms with Gasteiger partial charge in [0.15, 0.2) is 11.5 Å². The van der Waals surface area contributed by atoms with Gasteiger partial charge in [0.1, 0.15) is 0 Å². The van der Waals surface area contributed by atoms with Gasteiger partial charge in [-0.15, -0.1) is 0 Å². The highest BCUT2D eigenvalue weighted by Crippen LogP contribution is 2.29. The standard InChI is InChI=1S/C16H26N2O2/c1-11-10-18(3)8-7-14(11)17-12(2)13-5-6-15(19)16(9-13)20-4/h5-6,9,11-12,14,17,19H,7-8,10H2,1-4H3. The third-order valence-electron chi connectivity index (χ3n) is 4.28. The zero-order chi connectivity index (χ0) is 14.7. The largest absolute Gasteiger partial charge is 0.504 e. The SMILES string of the molecule is COc1cc(C(C)NC2CCN(C)CC2C)ccc1O. The second-order valence-corrected chi connectivity index (χ2v) is 5.95. The minimum atomic E-state index is 0.191. The van der Waals surface area contributed by atoms with Crippen LogP contribution >= 0.6 is 0 Å². The second-order valence-electron chi connectivity index (χ2n) is 5.95. The monoisotopic (exact) mass is 278 g/mol. The highest BCUT2D eigenvalue weighted by Gasteiger charge is 2.25. The Morgan fingerprint density at radius 3 is 2.85 bits per heavy atom. The number of aromatic hydroxyl groups is 1. The Morgan fingerprint density at radius 1 is 1.45 bits per heavy atom. The topological polar surface area (TPSA) is 44.7 Å². The number of hydrogen-bond donors (Lipinski definition) is 2. The normalized spacial score (nSPS) is 25.4. The Bertz CT molecular complexity index is 450. The van der Waals surface area contributed by atoms with Gasteiger partial charge in [-0.1, -0.05) is 13.0 Å².